The van der Waals surface area contributed by atoms with Gasteiger partial charge < -0.3 is 14.1 Å². The highest BCUT2D eigenvalue weighted by Crippen LogP contribution is 2.26. The van der Waals surface area contributed by atoms with Crippen LogP contribution in [0.15, 0.2) is 83.6 Å². The van der Waals surface area contributed by atoms with Crippen LogP contribution < -0.4 is 4.74 Å². The zero-order valence-electron chi connectivity index (χ0n) is 16.5. The SMILES string of the molecule is O=C(c1ccco1)N1CCC(Oc2ccc(-c3cnc4ccccc4c3)cc2)CC1. The molecule has 150 valence electrons. The smallest absolute Gasteiger partial charge is 0.289 e. The molecule has 0 unspecified atom stereocenters. The molecule has 5 heteroatoms. The number of pyridine rings is 1. The average Bonchev–Trinajstić information content (AvgIpc) is 3.34. The van der Waals surface area contributed by atoms with Gasteiger partial charge in [0.05, 0.1) is 11.8 Å². The molecule has 0 saturated carbocycles. The maximum atomic E-state index is 12.4. The van der Waals surface area contributed by atoms with Gasteiger partial charge in [0.1, 0.15) is 11.9 Å². The first-order valence-corrected chi connectivity index (χ1v) is 10.2. The number of ether oxygens (including phenoxy) is 1. The largest absolute Gasteiger partial charge is 0.490 e. The van der Waals surface area contributed by atoms with E-state index in [1.54, 1.807) is 12.1 Å². The predicted molar refractivity (Wildman–Crippen MR) is 115 cm³/mol. The topological polar surface area (TPSA) is 55.6 Å². The highest BCUT2D eigenvalue weighted by atomic mass is 16.5. The van der Waals surface area contributed by atoms with E-state index in [0.717, 1.165) is 40.6 Å². The van der Waals surface area contributed by atoms with Crippen LogP contribution in [0.5, 0.6) is 5.75 Å². The molecular formula is C25H22N2O3. The molecule has 0 spiro atoms. The lowest BCUT2D eigenvalue weighted by atomic mass is 10.0. The van der Waals surface area contributed by atoms with Gasteiger partial charge in [0.2, 0.25) is 0 Å². The summed E-state index contributed by atoms with van der Waals surface area (Å²) < 4.78 is 11.4. The molecule has 2 aromatic heterocycles. The van der Waals surface area contributed by atoms with Crippen molar-refractivity contribution in [1.29, 1.82) is 0 Å². The number of nitrogens with zero attached hydrogens (tertiary/aromatic N) is 2. The molecule has 1 aliphatic heterocycles. The molecule has 0 radical (unpaired) electrons. The molecule has 1 aliphatic rings. The average molecular weight is 398 g/mol. The second kappa shape index (κ2) is 8.03. The quantitative estimate of drug-likeness (QED) is 0.475. The third kappa shape index (κ3) is 3.79. The molecule has 0 N–H and O–H groups in total. The van der Waals surface area contributed by atoms with Crippen molar-refractivity contribution in [2.24, 2.45) is 0 Å². The summed E-state index contributed by atoms with van der Waals surface area (Å²) in [5.74, 6) is 1.20. The molecule has 0 bridgehead atoms. The van der Waals surface area contributed by atoms with Crippen molar-refractivity contribution in [3.63, 3.8) is 0 Å². The Balaban J connectivity index is 1.21. The van der Waals surface area contributed by atoms with E-state index in [-0.39, 0.29) is 12.0 Å². The molecule has 1 fully saturated rings. The molecule has 3 heterocycles. The van der Waals surface area contributed by atoms with E-state index in [2.05, 4.69) is 29.2 Å². The van der Waals surface area contributed by atoms with Crippen molar-refractivity contribution in [3.8, 4) is 16.9 Å². The Bertz CT molecular complexity index is 1140. The Morgan fingerprint density at radius 1 is 0.967 bits per heavy atom. The van der Waals surface area contributed by atoms with Crippen LogP contribution in [0.4, 0.5) is 0 Å². The summed E-state index contributed by atoms with van der Waals surface area (Å²) >= 11 is 0. The Morgan fingerprint density at radius 2 is 1.77 bits per heavy atom. The van der Waals surface area contributed by atoms with Gasteiger partial charge in [-0.2, -0.15) is 0 Å². The fraction of sp³-hybridized carbons (Fsp3) is 0.200. The van der Waals surface area contributed by atoms with E-state index in [1.165, 1.54) is 6.26 Å². The predicted octanol–water partition coefficient (Wildman–Crippen LogP) is 5.18. The van der Waals surface area contributed by atoms with E-state index >= 15 is 0 Å². The van der Waals surface area contributed by atoms with Crippen LogP contribution in [-0.2, 0) is 0 Å². The molecule has 0 atom stereocenters. The first kappa shape index (κ1) is 18.4. The second-order valence-corrected chi connectivity index (χ2v) is 7.53. The van der Waals surface area contributed by atoms with Crippen molar-refractivity contribution in [1.82, 2.24) is 9.88 Å². The van der Waals surface area contributed by atoms with E-state index in [4.69, 9.17) is 9.15 Å². The lowest BCUT2D eigenvalue weighted by Crippen LogP contribution is -2.41. The summed E-state index contributed by atoms with van der Waals surface area (Å²) in [7, 11) is 0. The van der Waals surface area contributed by atoms with Gasteiger partial charge in [-0.05, 0) is 42.0 Å². The maximum Gasteiger partial charge on any atom is 0.289 e. The number of fused-ring (bicyclic) bond motifs is 1. The Hall–Kier alpha value is -3.60. The number of amides is 1. The van der Waals surface area contributed by atoms with Gasteiger partial charge in [-0.25, -0.2) is 0 Å². The fourth-order valence-electron chi connectivity index (χ4n) is 3.88. The first-order valence-electron chi connectivity index (χ1n) is 10.2. The van der Waals surface area contributed by atoms with E-state index in [1.807, 2.05) is 41.4 Å². The van der Waals surface area contributed by atoms with Gasteiger partial charge in [0, 0.05) is 43.1 Å². The zero-order chi connectivity index (χ0) is 20.3. The number of likely N-dealkylation sites (tertiary alicyclic amines) is 1. The number of rotatable bonds is 4. The van der Waals surface area contributed by atoms with Crippen molar-refractivity contribution in [3.05, 3.63) is 85.0 Å². The van der Waals surface area contributed by atoms with Crippen LogP contribution in [0.25, 0.3) is 22.0 Å². The van der Waals surface area contributed by atoms with Crippen molar-refractivity contribution >= 4 is 16.8 Å². The summed E-state index contributed by atoms with van der Waals surface area (Å²) in [6.07, 6.45) is 5.16. The highest BCUT2D eigenvalue weighted by Gasteiger charge is 2.25. The zero-order valence-corrected chi connectivity index (χ0v) is 16.5. The molecule has 0 aliphatic carbocycles. The Kier molecular flexibility index (Phi) is 4.93. The maximum absolute atomic E-state index is 12.4. The summed E-state index contributed by atoms with van der Waals surface area (Å²) in [4.78, 5) is 18.7. The number of hydrogen-bond acceptors (Lipinski definition) is 4. The van der Waals surface area contributed by atoms with Gasteiger partial charge >= 0.3 is 0 Å². The van der Waals surface area contributed by atoms with Crippen LogP contribution in [0.3, 0.4) is 0 Å². The summed E-state index contributed by atoms with van der Waals surface area (Å²) in [6.45, 7) is 1.34. The second-order valence-electron chi connectivity index (χ2n) is 7.53. The van der Waals surface area contributed by atoms with E-state index < -0.39 is 0 Å². The van der Waals surface area contributed by atoms with Gasteiger partial charge in [-0.3, -0.25) is 9.78 Å². The Morgan fingerprint density at radius 3 is 2.53 bits per heavy atom. The normalized spacial score (nSPS) is 14.7. The summed E-state index contributed by atoms with van der Waals surface area (Å²) in [5, 5.41) is 1.13. The number of hydrogen-bond donors (Lipinski definition) is 0. The number of para-hydroxylation sites is 1. The number of benzene rings is 2. The Labute approximate surface area is 174 Å². The fourth-order valence-corrected chi connectivity index (χ4v) is 3.88. The number of carbonyl (C=O) groups excluding carboxylic acids is 1. The number of piperidine rings is 1. The monoisotopic (exact) mass is 398 g/mol. The molecule has 1 saturated heterocycles. The van der Waals surface area contributed by atoms with Crippen LogP contribution in [0.2, 0.25) is 0 Å². The minimum Gasteiger partial charge on any atom is -0.490 e. The lowest BCUT2D eigenvalue weighted by Gasteiger charge is -2.31. The van der Waals surface area contributed by atoms with Gasteiger partial charge in [0.25, 0.3) is 5.91 Å². The van der Waals surface area contributed by atoms with Crippen LogP contribution in [-0.4, -0.2) is 35.0 Å². The third-order valence-corrected chi connectivity index (χ3v) is 5.54. The molecule has 1 amide bonds. The molecule has 30 heavy (non-hydrogen) atoms. The minimum absolute atomic E-state index is 0.0493. The molecule has 5 nitrogen and oxygen atoms in total. The van der Waals surface area contributed by atoms with Crippen molar-refractivity contribution in [2.45, 2.75) is 18.9 Å². The van der Waals surface area contributed by atoms with Crippen LogP contribution in [0, 0.1) is 0 Å². The number of carbonyl (C=O) groups is 1. The van der Waals surface area contributed by atoms with E-state index in [0.29, 0.717) is 18.8 Å². The van der Waals surface area contributed by atoms with Crippen LogP contribution >= 0.6 is 0 Å². The number of furan rings is 1. The third-order valence-electron chi connectivity index (χ3n) is 5.54. The molecule has 5 rings (SSSR count). The standard InChI is InChI=1S/C25H22N2O3/c28-25(24-6-3-15-29-24)27-13-11-22(12-14-27)30-21-9-7-18(8-10-21)20-16-19-4-1-2-5-23(19)26-17-20/h1-10,15-17,22H,11-14H2. The van der Waals surface area contributed by atoms with Crippen LogP contribution in [0.1, 0.15) is 23.4 Å². The van der Waals surface area contributed by atoms with Gasteiger partial charge in [-0.15, -0.1) is 0 Å². The van der Waals surface area contributed by atoms with E-state index in [9.17, 15) is 4.79 Å². The lowest BCUT2D eigenvalue weighted by molar-refractivity contribution is 0.0567. The molecular weight excluding hydrogens is 376 g/mol. The van der Waals surface area contributed by atoms with Crippen molar-refractivity contribution < 1.29 is 13.9 Å². The van der Waals surface area contributed by atoms with Crippen molar-refractivity contribution in [2.75, 3.05) is 13.1 Å². The molecule has 4 aromatic rings. The van der Waals surface area contributed by atoms with Gasteiger partial charge in [0.15, 0.2) is 5.76 Å². The summed E-state index contributed by atoms with van der Waals surface area (Å²) in [5.41, 5.74) is 3.20. The van der Waals surface area contributed by atoms with Gasteiger partial charge in [-0.1, -0.05) is 30.3 Å². The first-order chi connectivity index (χ1) is 14.8. The molecule has 2 aromatic carbocycles. The highest BCUT2D eigenvalue weighted by molar-refractivity contribution is 5.91. The summed E-state index contributed by atoms with van der Waals surface area (Å²) in [6, 6.07) is 21.9. The number of aromatic nitrogens is 1. The minimum atomic E-state index is -0.0493.